The van der Waals surface area contributed by atoms with E-state index in [1.807, 2.05) is 103 Å². The van der Waals surface area contributed by atoms with Crippen LogP contribution in [0.2, 0.25) is 0 Å². The molecule has 5 aliphatic rings. The van der Waals surface area contributed by atoms with E-state index in [4.69, 9.17) is 0 Å². The van der Waals surface area contributed by atoms with Crippen molar-refractivity contribution in [1.82, 2.24) is 29.9 Å². The molecule has 8 atom stereocenters. The Bertz CT molecular complexity index is 2810. The molecule has 0 saturated carbocycles. The van der Waals surface area contributed by atoms with Gasteiger partial charge in [-0.05, 0) is 47.0 Å². The number of fused-ring (bicyclic) bond motifs is 7. The zero-order chi connectivity index (χ0) is 41.6. The Morgan fingerprint density at radius 3 is 1.53 bits per heavy atom. The van der Waals surface area contributed by atoms with E-state index in [1.54, 1.807) is 0 Å². The minimum atomic E-state index is -0.811. The lowest BCUT2D eigenvalue weighted by molar-refractivity contribution is 0.244. The Morgan fingerprint density at radius 2 is 0.935 bits per heavy atom. The Kier molecular flexibility index (Phi) is 8.78. The predicted octanol–water partition coefficient (Wildman–Crippen LogP) is 11.1. The number of para-hydroxylation sites is 3. The first kappa shape index (κ1) is 37.9. The van der Waals surface area contributed by atoms with Crippen LogP contribution in [0.4, 0.5) is 39.8 Å². The van der Waals surface area contributed by atoms with Crippen molar-refractivity contribution in [1.29, 1.82) is 0 Å². The zero-order valence-corrected chi connectivity index (χ0v) is 34.4. The molecule has 0 bridgehead atoms. The minimum Gasteiger partial charge on any atom is -0.627 e. The van der Waals surface area contributed by atoms with Gasteiger partial charge < -0.3 is 36.2 Å². The molecule has 12 rings (SSSR count). The molecule has 8 unspecified atom stereocenters. The van der Waals surface area contributed by atoms with Gasteiger partial charge in [-0.15, -0.1) is 0 Å². The van der Waals surface area contributed by atoms with Gasteiger partial charge in [0.05, 0.1) is 29.8 Å². The number of rotatable bonds is 6. The van der Waals surface area contributed by atoms with Crippen molar-refractivity contribution in [2.24, 2.45) is 5.92 Å². The van der Waals surface area contributed by atoms with Gasteiger partial charge in [-0.2, -0.15) is 0 Å². The van der Waals surface area contributed by atoms with Gasteiger partial charge in [-0.3, -0.25) is 9.29 Å². The summed E-state index contributed by atoms with van der Waals surface area (Å²) >= 11 is 0. The standard InChI is InChI=1S/C53H48N6O3/c60-57(38-23-21-37(22-24-38)48-33-55-47(32-56-48)36-11-3-1-4-12-36)34-46(45-31-54-28-27-49(45)57)35-19-25-40(26-20-35)59(62)51-18-10-8-16-42(51)44-29-43-41-15-7-9-17-50(41)58(61,52(43)30-53(44)59)39-13-5-2-6-14-39/h1-26,29-30,45-49,54-56H,27-28,31-34H2. The smallest absolute Gasteiger partial charge is 0.157 e. The SMILES string of the molecule is [O-][N+]1(c2ccccc2)c2ccccc2-c2cc3c(cc21)[N+]([O-])(c1ccc(C2C[N+]([O-])(c4ccc(C5CNC(c6ccccc6)CN5)cc4)C4CCNCC24)cc1)c1ccccc1-3. The second kappa shape index (κ2) is 14.4. The summed E-state index contributed by atoms with van der Waals surface area (Å²) in [6.07, 6.45) is 0.810. The second-order valence-corrected chi connectivity index (χ2v) is 17.8. The van der Waals surface area contributed by atoms with Crippen LogP contribution in [0.15, 0.2) is 170 Å². The molecular formula is C53H48N6O3. The third kappa shape index (κ3) is 5.55. The molecule has 62 heavy (non-hydrogen) atoms. The average molecular weight is 817 g/mol. The van der Waals surface area contributed by atoms with Crippen molar-refractivity contribution in [3.8, 4) is 22.3 Å². The van der Waals surface area contributed by atoms with Gasteiger partial charge in [0, 0.05) is 104 Å². The monoisotopic (exact) mass is 816 g/mol. The maximum Gasteiger partial charge on any atom is 0.157 e. The maximum absolute atomic E-state index is 15.9. The molecule has 5 heterocycles. The van der Waals surface area contributed by atoms with E-state index in [9.17, 15) is 0 Å². The van der Waals surface area contributed by atoms with E-state index < -0.39 is 9.29 Å². The fourth-order valence-corrected chi connectivity index (χ4v) is 11.7. The highest BCUT2D eigenvalue weighted by molar-refractivity contribution is 6.07. The summed E-state index contributed by atoms with van der Waals surface area (Å²) in [5, 5.41) is 57.6. The van der Waals surface area contributed by atoms with Gasteiger partial charge in [0.1, 0.15) is 17.1 Å². The largest absolute Gasteiger partial charge is 0.627 e. The molecule has 9 nitrogen and oxygen atoms in total. The average Bonchev–Trinajstić information content (AvgIpc) is 3.90. The number of hydrogen-bond donors (Lipinski definition) is 3. The van der Waals surface area contributed by atoms with Crippen LogP contribution < -0.4 is 29.9 Å². The number of benzene rings is 7. The summed E-state index contributed by atoms with van der Waals surface area (Å²) < 4.78 is -1.93. The summed E-state index contributed by atoms with van der Waals surface area (Å²) in [6.45, 7) is 3.70. The van der Waals surface area contributed by atoms with E-state index >= 15 is 15.6 Å². The van der Waals surface area contributed by atoms with Crippen LogP contribution in [-0.4, -0.2) is 38.8 Å². The summed E-state index contributed by atoms with van der Waals surface area (Å²) in [7, 11) is 0. The molecule has 3 N–H and O–H groups in total. The first-order valence-electron chi connectivity index (χ1n) is 22.0. The number of hydrogen-bond acceptors (Lipinski definition) is 6. The molecule has 0 radical (unpaired) electrons. The minimum absolute atomic E-state index is 0.0161. The molecule has 7 aromatic carbocycles. The Hall–Kier alpha value is -5.82. The third-order valence-corrected chi connectivity index (χ3v) is 14.7. The highest BCUT2D eigenvalue weighted by Crippen LogP contribution is 2.64. The molecule has 308 valence electrons. The highest BCUT2D eigenvalue weighted by Gasteiger charge is 2.52. The topological polar surface area (TPSA) is 105 Å². The molecule has 0 aromatic heterocycles. The lowest BCUT2D eigenvalue weighted by Gasteiger charge is -2.46. The lowest BCUT2D eigenvalue weighted by atomic mass is 9.82. The van der Waals surface area contributed by atoms with Crippen molar-refractivity contribution in [3.05, 3.63) is 202 Å². The summed E-state index contributed by atoms with van der Waals surface area (Å²) in [5.74, 6) is 0.169. The summed E-state index contributed by atoms with van der Waals surface area (Å²) in [5.41, 5.74) is 11.3. The molecule has 7 aromatic rings. The van der Waals surface area contributed by atoms with E-state index in [0.29, 0.717) is 40.7 Å². The molecule has 0 aliphatic carbocycles. The quantitative estimate of drug-likeness (QED) is 0.114. The molecule has 3 saturated heterocycles. The number of quaternary nitrogens is 3. The number of nitrogens with one attached hydrogen (secondary N) is 3. The molecule has 9 heteroatoms. The van der Waals surface area contributed by atoms with Gasteiger partial charge >= 0.3 is 0 Å². The van der Waals surface area contributed by atoms with Crippen molar-refractivity contribution in [3.63, 3.8) is 0 Å². The lowest BCUT2D eigenvalue weighted by Crippen LogP contribution is -2.53. The zero-order valence-electron chi connectivity index (χ0n) is 34.4. The van der Waals surface area contributed by atoms with Crippen LogP contribution in [0, 0.1) is 21.5 Å². The van der Waals surface area contributed by atoms with Crippen LogP contribution in [0.1, 0.15) is 41.1 Å². The van der Waals surface area contributed by atoms with Gasteiger partial charge in [0.2, 0.25) is 0 Å². The van der Waals surface area contributed by atoms with Crippen LogP contribution in [-0.2, 0) is 0 Å². The fraction of sp³-hybridized carbons (Fsp3) is 0.208. The van der Waals surface area contributed by atoms with Gasteiger partial charge in [-0.25, -0.2) is 0 Å². The number of piperazine rings is 1. The first-order chi connectivity index (χ1) is 30.4. The first-order valence-corrected chi connectivity index (χ1v) is 22.0. The summed E-state index contributed by atoms with van der Waals surface area (Å²) in [6, 6.07) is 56.4. The van der Waals surface area contributed by atoms with E-state index in [0.717, 1.165) is 66.1 Å². The Morgan fingerprint density at radius 1 is 0.435 bits per heavy atom. The van der Waals surface area contributed by atoms with Gasteiger partial charge in [0.25, 0.3) is 0 Å². The molecule has 5 aliphatic heterocycles. The number of piperidine rings is 1. The number of nitrogens with zero attached hydrogens (tertiary/aromatic N) is 3. The van der Waals surface area contributed by atoms with E-state index in [1.165, 1.54) is 11.1 Å². The van der Waals surface area contributed by atoms with Crippen LogP contribution in [0.3, 0.4) is 0 Å². The van der Waals surface area contributed by atoms with E-state index in [2.05, 4.69) is 82.7 Å². The molecular weight excluding hydrogens is 769 g/mol. The van der Waals surface area contributed by atoms with E-state index in [-0.39, 0.29) is 34.6 Å². The Labute approximate surface area is 362 Å². The molecule has 0 amide bonds. The fourth-order valence-electron chi connectivity index (χ4n) is 11.7. The molecule has 3 fully saturated rings. The van der Waals surface area contributed by atoms with Crippen LogP contribution in [0.5, 0.6) is 0 Å². The van der Waals surface area contributed by atoms with Gasteiger partial charge in [-0.1, -0.05) is 97.1 Å². The van der Waals surface area contributed by atoms with Crippen molar-refractivity contribution in [2.75, 3.05) is 32.7 Å². The Balaban J connectivity index is 0.861. The van der Waals surface area contributed by atoms with Crippen molar-refractivity contribution < 1.29 is 0 Å². The van der Waals surface area contributed by atoms with Crippen molar-refractivity contribution >= 4 is 39.8 Å². The normalized spacial score (nSPS) is 29.3. The predicted molar refractivity (Wildman–Crippen MR) is 251 cm³/mol. The van der Waals surface area contributed by atoms with Crippen LogP contribution in [0.25, 0.3) is 22.3 Å². The van der Waals surface area contributed by atoms with Crippen molar-refractivity contribution in [2.45, 2.75) is 30.5 Å². The van der Waals surface area contributed by atoms with Gasteiger partial charge in [0.15, 0.2) is 22.7 Å². The highest BCUT2D eigenvalue weighted by atomic mass is 16.6. The molecule has 0 spiro atoms. The number of hydroxylamine groups is 2. The third-order valence-electron chi connectivity index (χ3n) is 14.7. The van der Waals surface area contributed by atoms with Crippen LogP contribution >= 0.6 is 0 Å². The summed E-state index contributed by atoms with van der Waals surface area (Å²) in [4.78, 5) is 0. The maximum atomic E-state index is 15.9. The second-order valence-electron chi connectivity index (χ2n) is 17.8.